The second-order valence-electron chi connectivity index (χ2n) is 6.82. The minimum absolute atomic E-state index is 0.204. The molecule has 21 heavy (non-hydrogen) atoms. The van der Waals surface area contributed by atoms with Crippen molar-refractivity contribution >= 4 is 5.91 Å². The molecule has 1 aromatic carbocycles. The Morgan fingerprint density at radius 2 is 1.81 bits per heavy atom. The maximum Gasteiger partial charge on any atom is 0.234 e. The van der Waals surface area contributed by atoms with Gasteiger partial charge in [-0.3, -0.25) is 9.69 Å². The van der Waals surface area contributed by atoms with Crippen LogP contribution < -0.4 is 5.32 Å². The summed E-state index contributed by atoms with van der Waals surface area (Å²) in [7, 11) is 0. The van der Waals surface area contributed by atoms with Crippen molar-refractivity contribution in [3.8, 4) is 0 Å². The number of carbonyl (C=O) groups is 1. The summed E-state index contributed by atoms with van der Waals surface area (Å²) in [5.74, 6) is 0.204. The molecule has 0 saturated carbocycles. The lowest BCUT2D eigenvalue weighted by Crippen LogP contribution is -2.37. The molecule has 1 unspecified atom stereocenters. The van der Waals surface area contributed by atoms with Gasteiger partial charge in [0.25, 0.3) is 0 Å². The molecule has 112 valence electrons. The van der Waals surface area contributed by atoms with Gasteiger partial charge in [-0.25, -0.2) is 0 Å². The molecule has 1 N–H and O–H groups in total. The van der Waals surface area contributed by atoms with Crippen LogP contribution in [0.3, 0.4) is 0 Å². The van der Waals surface area contributed by atoms with Crippen LogP contribution in [0.1, 0.15) is 54.0 Å². The van der Waals surface area contributed by atoms with E-state index in [0.717, 1.165) is 25.9 Å². The first-order valence-electron chi connectivity index (χ1n) is 8.46. The fourth-order valence-corrected chi connectivity index (χ4v) is 4.22. The molecule has 3 aliphatic rings. The summed E-state index contributed by atoms with van der Waals surface area (Å²) in [6, 6.07) is 5.04. The van der Waals surface area contributed by atoms with Crippen molar-refractivity contribution in [2.75, 3.05) is 19.6 Å². The molecule has 1 amide bonds. The van der Waals surface area contributed by atoms with Gasteiger partial charge in [-0.05, 0) is 80.3 Å². The molecule has 1 aliphatic heterocycles. The molecule has 1 atom stereocenters. The molecule has 1 heterocycles. The Bertz CT molecular complexity index is 561. The van der Waals surface area contributed by atoms with Crippen LogP contribution in [0.4, 0.5) is 0 Å². The molecule has 2 aliphatic carbocycles. The summed E-state index contributed by atoms with van der Waals surface area (Å²) in [6.45, 7) is 2.75. The van der Waals surface area contributed by atoms with Crippen LogP contribution in [0, 0.1) is 0 Å². The van der Waals surface area contributed by atoms with Crippen LogP contribution in [0.15, 0.2) is 12.1 Å². The van der Waals surface area contributed by atoms with E-state index in [0.29, 0.717) is 6.54 Å². The largest absolute Gasteiger partial charge is 0.348 e. The average molecular weight is 284 g/mol. The molecule has 0 spiro atoms. The lowest BCUT2D eigenvalue weighted by molar-refractivity contribution is -0.122. The van der Waals surface area contributed by atoms with E-state index in [4.69, 9.17) is 0 Å². The summed E-state index contributed by atoms with van der Waals surface area (Å²) < 4.78 is 0. The van der Waals surface area contributed by atoms with Gasteiger partial charge in [-0.2, -0.15) is 0 Å². The van der Waals surface area contributed by atoms with Crippen molar-refractivity contribution in [1.29, 1.82) is 0 Å². The SMILES string of the molecule is O=C(CN1CCCC1)NC1CCc2cc3c(cc21)CCC3. The standard InChI is InChI=1S/C18H24N2O/c21-18(12-20-8-1-2-9-20)19-17-7-6-15-10-13-4-3-5-14(13)11-16(15)17/h10-11,17H,1-9,12H2,(H,19,21). The first-order chi connectivity index (χ1) is 10.3. The number of rotatable bonds is 3. The van der Waals surface area contributed by atoms with Crippen LogP contribution in [0.2, 0.25) is 0 Å². The summed E-state index contributed by atoms with van der Waals surface area (Å²) in [6.07, 6.45) is 8.44. The van der Waals surface area contributed by atoms with Crippen molar-refractivity contribution in [3.63, 3.8) is 0 Å². The maximum atomic E-state index is 12.2. The number of nitrogens with one attached hydrogen (secondary N) is 1. The van der Waals surface area contributed by atoms with E-state index in [1.165, 1.54) is 48.8 Å². The second kappa shape index (κ2) is 5.45. The molecule has 3 heteroatoms. The highest BCUT2D eigenvalue weighted by Gasteiger charge is 2.27. The fourth-order valence-electron chi connectivity index (χ4n) is 4.22. The number of hydrogen-bond acceptors (Lipinski definition) is 2. The van der Waals surface area contributed by atoms with E-state index in [1.807, 2.05) is 0 Å². The Morgan fingerprint density at radius 3 is 2.62 bits per heavy atom. The van der Waals surface area contributed by atoms with E-state index >= 15 is 0 Å². The third kappa shape index (κ3) is 2.59. The number of fused-ring (bicyclic) bond motifs is 2. The normalized spacial score (nSPS) is 24.1. The van der Waals surface area contributed by atoms with Gasteiger partial charge in [0.05, 0.1) is 12.6 Å². The molecule has 1 aromatic rings. The van der Waals surface area contributed by atoms with Crippen molar-refractivity contribution in [1.82, 2.24) is 10.2 Å². The minimum atomic E-state index is 0.204. The second-order valence-corrected chi connectivity index (χ2v) is 6.82. The zero-order valence-electron chi connectivity index (χ0n) is 12.7. The molecule has 4 rings (SSSR count). The van der Waals surface area contributed by atoms with Gasteiger partial charge in [0.15, 0.2) is 0 Å². The van der Waals surface area contributed by atoms with Crippen LogP contribution in [-0.4, -0.2) is 30.4 Å². The fraction of sp³-hybridized carbons (Fsp3) is 0.611. The monoisotopic (exact) mass is 284 g/mol. The molecule has 0 radical (unpaired) electrons. The van der Waals surface area contributed by atoms with E-state index < -0.39 is 0 Å². The Balaban J connectivity index is 1.45. The minimum Gasteiger partial charge on any atom is -0.348 e. The third-order valence-corrected chi connectivity index (χ3v) is 5.33. The Morgan fingerprint density at radius 1 is 1.05 bits per heavy atom. The summed E-state index contributed by atoms with van der Waals surface area (Å²) >= 11 is 0. The molecule has 1 saturated heterocycles. The van der Waals surface area contributed by atoms with Gasteiger partial charge in [-0.15, -0.1) is 0 Å². The first kappa shape index (κ1) is 13.3. The topological polar surface area (TPSA) is 32.3 Å². The van der Waals surface area contributed by atoms with Crippen LogP contribution in [0.5, 0.6) is 0 Å². The highest BCUT2D eigenvalue weighted by molar-refractivity contribution is 5.78. The highest BCUT2D eigenvalue weighted by Crippen LogP contribution is 2.36. The van der Waals surface area contributed by atoms with Crippen LogP contribution >= 0.6 is 0 Å². The molecule has 1 fully saturated rings. The summed E-state index contributed by atoms with van der Waals surface area (Å²) in [5.41, 5.74) is 5.94. The highest BCUT2D eigenvalue weighted by atomic mass is 16.2. The molecule has 0 bridgehead atoms. The van der Waals surface area contributed by atoms with Gasteiger partial charge in [0.2, 0.25) is 5.91 Å². The lowest BCUT2D eigenvalue weighted by Gasteiger charge is -2.18. The van der Waals surface area contributed by atoms with E-state index in [-0.39, 0.29) is 11.9 Å². The summed E-state index contributed by atoms with van der Waals surface area (Å²) in [5, 5.41) is 3.27. The van der Waals surface area contributed by atoms with Gasteiger partial charge in [0, 0.05) is 0 Å². The summed E-state index contributed by atoms with van der Waals surface area (Å²) in [4.78, 5) is 14.5. The number of nitrogens with zero attached hydrogens (tertiary/aromatic N) is 1. The zero-order chi connectivity index (χ0) is 14.2. The smallest absolute Gasteiger partial charge is 0.234 e. The van der Waals surface area contributed by atoms with Gasteiger partial charge >= 0.3 is 0 Å². The third-order valence-electron chi connectivity index (χ3n) is 5.33. The Labute approximate surface area is 126 Å². The maximum absolute atomic E-state index is 12.2. The number of hydrogen-bond donors (Lipinski definition) is 1. The van der Waals surface area contributed by atoms with Crippen molar-refractivity contribution in [2.45, 2.75) is 51.0 Å². The number of amides is 1. The quantitative estimate of drug-likeness (QED) is 0.924. The van der Waals surface area contributed by atoms with Gasteiger partial charge in [-0.1, -0.05) is 12.1 Å². The zero-order valence-corrected chi connectivity index (χ0v) is 12.7. The number of likely N-dealkylation sites (tertiary alicyclic amines) is 1. The lowest BCUT2D eigenvalue weighted by atomic mass is 10.0. The predicted octanol–water partition coefficient (Wildman–Crippen LogP) is 2.37. The van der Waals surface area contributed by atoms with Gasteiger partial charge < -0.3 is 5.32 Å². The Hall–Kier alpha value is -1.35. The molecule has 0 aromatic heterocycles. The van der Waals surface area contributed by atoms with Crippen molar-refractivity contribution < 1.29 is 4.79 Å². The van der Waals surface area contributed by atoms with Crippen LogP contribution in [0.25, 0.3) is 0 Å². The first-order valence-corrected chi connectivity index (χ1v) is 8.46. The van der Waals surface area contributed by atoms with Crippen molar-refractivity contribution in [3.05, 3.63) is 34.4 Å². The molecule has 3 nitrogen and oxygen atoms in total. The molecular formula is C18H24N2O. The predicted molar refractivity (Wildman–Crippen MR) is 83.3 cm³/mol. The van der Waals surface area contributed by atoms with E-state index in [1.54, 1.807) is 5.56 Å². The number of carbonyl (C=O) groups excluding carboxylic acids is 1. The van der Waals surface area contributed by atoms with E-state index in [2.05, 4.69) is 22.3 Å². The van der Waals surface area contributed by atoms with E-state index in [9.17, 15) is 4.79 Å². The molecular weight excluding hydrogens is 260 g/mol. The number of benzene rings is 1. The van der Waals surface area contributed by atoms with Crippen molar-refractivity contribution in [2.24, 2.45) is 0 Å². The average Bonchev–Trinajstić information content (AvgIpc) is 3.18. The Kier molecular flexibility index (Phi) is 3.46. The van der Waals surface area contributed by atoms with Crippen LogP contribution in [-0.2, 0) is 24.1 Å². The van der Waals surface area contributed by atoms with Gasteiger partial charge in [0.1, 0.15) is 0 Å². The number of aryl methyl sites for hydroxylation is 3.